The molecule has 0 spiro atoms. The number of methoxy groups -OCH3 is 4. The van der Waals surface area contributed by atoms with Crippen LogP contribution < -0.4 is 70.0 Å². The average molecular weight is 2410 g/mol. The van der Waals surface area contributed by atoms with Crippen LogP contribution in [0.3, 0.4) is 0 Å². The highest BCUT2D eigenvalue weighted by atomic mass is 79.9. The molecule has 744 valence electrons. The molecular weight excluding hydrogens is 2310 g/mol. The molecule has 46 heteroatoms. The number of hydrogen-bond donors (Lipinski definition) is 7. The second kappa shape index (κ2) is 56.6. The van der Waals surface area contributed by atoms with E-state index in [1.165, 1.54) is 55.6 Å². The quantitative estimate of drug-likeness (QED) is 0.00737. The van der Waals surface area contributed by atoms with Gasteiger partial charge in [0.15, 0.2) is 46.3 Å². The van der Waals surface area contributed by atoms with Crippen molar-refractivity contribution >= 4 is 176 Å². The number of aliphatic hydroxyl groups excluding tert-OH is 1. The molecule has 8 aromatic heterocycles. The number of aromatic hydroxyl groups is 1. The first-order valence-electron chi connectivity index (χ1n) is 42.4. The Morgan fingerprint density at radius 1 is 0.479 bits per heavy atom. The maximum atomic E-state index is 14.8. The number of fused-ring (bicyclic) bond motifs is 5. The normalized spacial score (nSPS) is 12.6. The van der Waals surface area contributed by atoms with Gasteiger partial charge < -0.3 is 110 Å². The molecular formula is C94H97Br7ClF4N17O17. The number of carbonyl (C=O) groups is 2. The standard InChI is InChI=1S/C31H28F2N4O4.C22H17ClF2N2O3.C8H8Br2N2O3.C8H10Br2N2O.C8H9BrN2O.C8H11N3O.C5H3BrN2O3.C3H7BrO.CH4/c1-39-21-9-7-18(27(15-21)40-2)16-37-17-25-28(31(37)38)19(14-24(36-25)29-22(32)5-3-6-23(29)33)13-20-8-10-26-30(35-20)34-11-4-12-41-26;1-29-13-7-6-12(19(8-13)30-2)10-27-11-18-20(22(27)28)14(23)9-17(26-18)21-15(24)4-3-5-16(21)25;9-4-1-5-15-6-2-3-7(10)11-8(6)12(13)14;9-4-1-5-13-6-2-3-7(10)12-8(6)11;2*9-7-3-2-6-8(11-7)10-4-1-5-12-6;6-4-2-1-3(9)5(7-4)8(10)11;4-2-1-3-5;/h3,5-10,14-15H,4,11-13,16-17H2,1-2H3,(H,34,35);3-9H,10-11H2,1-2H3;2-3H,1,4-5H2;2-3H,1,4-5H2,(H2,11,12);2-3H,1,4-5H2,(H,10,11);2-3H,1,4-5H2,(H3,9,10,11);1-2,9H;5H,1-3H2;1H4. The number of nitrogens with two attached hydrogens (primary N) is 2. The van der Waals surface area contributed by atoms with Crippen LogP contribution in [0.25, 0.3) is 22.5 Å². The second-order valence-corrected chi connectivity index (χ2v) is 35.5. The number of aliphatic hydroxyl groups is 1. The largest absolute Gasteiger partial charge is 0.501 e. The lowest BCUT2D eigenvalue weighted by atomic mass is 9.98. The Labute approximate surface area is 867 Å². The smallest absolute Gasteiger partial charge is 0.407 e. The zero-order valence-electron chi connectivity index (χ0n) is 74.8. The minimum absolute atomic E-state index is 0. The molecule has 2 amide bonds. The summed E-state index contributed by atoms with van der Waals surface area (Å²) >= 11 is 28.6. The number of rotatable bonds is 24. The number of nitro groups is 2. The van der Waals surface area contributed by atoms with Crippen LogP contribution in [0.15, 0.2) is 176 Å². The summed E-state index contributed by atoms with van der Waals surface area (Å²) in [4.78, 5) is 82.6. The van der Waals surface area contributed by atoms with Crippen molar-refractivity contribution in [3.8, 4) is 80.0 Å². The summed E-state index contributed by atoms with van der Waals surface area (Å²) in [5, 5.41) is 50.0. The number of anilines is 5. The number of hydrogen-bond acceptors (Lipinski definition) is 30. The molecule has 140 heavy (non-hydrogen) atoms. The van der Waals surface area contributed by atoms with Gasteiger partial charge in [0.05, 0.1) is 138 Å². The van der Waals surface area contributed by atoms with Crippen LogP contribution in [0.1, 0.15) is 100 Å². The van der Waals surface area contributed by atoms with Crippen LogP contribution in [-0.2, 0) is 32.6 Å². The molecule has 13 heterocycles. The molecule has 5 aliphatic heterocycles. The van der Waals surface area contributed by atoms with Gasteiger partial charge in [-0.1, -0.05) is 79.0 Å². The summed E-state index contributed by atoms with van der Waals surface area (Å²) < 4.78 is 109. The molecule has 0 saturated heterocycles. The number of nitrogen functional groups attached to an aromatic ring is 2. The van der Waals surface area contributed by atoms with E-state index >= 15 is 0 Å². The molecule has 17 rings (SSSR count). The summed E-state index contributed by atoms with van der Waals surface area (Å²) in [5.74, 6) is 4.01. The number of amides is 2. The lowest BCUT2D eigenvalue weighted by molar-refractivity contribution is -0.390. The fraction of sp³-hybridized carbons (Fsp3) is 0.298. The summed E-state index contributed by atoms with van der Waals surface area (Å²) in [6.07, 6.45) is 5.73. The van der Waals surface area contributed by atoms with Crippen LogP contribution in [0.4, 0.5) is 58.3 Å². The monoisotopic (exact) mass is 2400 g/mol. The van der Waals surface area contributed by atoms with Gasteiger partial charge in [0, 0.05) is 122 Å². The van der Waals surface area contributed by atoms with E-state index in [1.807, 2.05) is 42.5 Å². The van der Waals surface area contributed by atoms with Gasteiger partial charge in [-0.05, 0) is 217 Å². The second-order valence-electron chi connectivity index (χ2n) is 29.5. The van der Waals surface area contributed by atoms with E-state index in [0.717, 1.165) is 143 Å². The van der Waals surface area contributed by atoms with Crippen LogP contribution in [0.2, 0.25) is 5.02 Å². The fourth-order valence-corrected chi connectivity index (χ4v) is 15.6. The maximum Gasteiger partial charge on any atom is 0.407 e. The van der Waals surface area contributed by atoms with Crippen molar-refractivity contribution in [2.75, 3.05) is 131 Å². The van der Waals surface area contributed by atoms with Crippen molar-refractivity contribution in [1.82, 2.24) is 49.7 Å². The summed E-state index contributed by atoms with van der Waals surface area (Å²) in [6.45, 7) is 6.87. The molecule has 34 nitrogen and oxygen atoms in total. The van der Waals surface area contributed by atoms with E-state index in [2.05, 4.69) is 162 Å². The third kappa shape index (κ3) is 32.1. The lowest BCUT2D eigenvalue weighted by Gasteiger charge is -2.18. The Balaban J connectivity index is 0.000000193. The number of halogens is 12. The molecule has 0 atom stereocenters. The molecule has 0 saturated carbocycles. The molecule has 0 bridgehead atoms. The van der Waals surface area contributed by atoms with Crippen molar-refractivity contribution < 1.29 is 89.8 Å². The van der Waals surface area contributed by atoms with Gasteiger partial charge in [-0.15, -0.1) is 0 Å². The highest BCUT2D eigenvalue weighted by molar-refractivity contribution is 9.11. The van der Waals surface area contributed by atoms with E-state index in [4.69, 9.17) is 80.9 Å². The molecule has 0 unspecified atom stereocenters. The minimum atomic E-state index is -0.750. The first-order valence-corrected chi connectivity index (χ1v) is 49.3. The van der Waals surface area contributed by atoms with E-state index in [1.54, 1.807) is 85.7 Å². The van der Waals surface area contributed by atoms with E-state index in [0.29, 0.717) is 116 Å². The minimum Gasteiger partial charge on any atom is -0.501 e. The number of nitrogens with one attached hydrogen (secondary N) is 3. The zero-order chi connectivity index (χ0) is 100. The Hall–Kier alpha value is -11.8. The van der Waals surface area contributed by atoms with Gasteiger partial charge in [-0.3, -0.25) is 9.59 Å². The van der Waals surface area contributed by atoms with Crippen molar-refractivity contribution in [3.63, 3.8) is 0 Å². The SMILES string of the molecule is Brc1ccc2c(n1)NCCCO2.C.COc1ccc(CN2Cc3nc(-c4c(F)cccc4F)cc(Cc4ccc5c(n4)NCCCO5)c3C2=O)c(OC)c1.COc1ccc(CN2Cc3nc(-c4c(F)cccc4F)cc(Cl)c3C2=O)c(OC)c1.Nc1ccc2c(n1)NCCCO2.Nc1nc(Br)ccc1OCCCBr.O=[N+]([O-])c1nc(Br)ccc1O.O=[N+]([O-])c1nc(Br)ccc1OCCCBr.OCCCBr. The average Bonchev–Trinajstić information content (AvgIpc) is 1.61. The number of pyridine rings is 8. The van der Waals surface area contributed by atoms with Crippen LogP contribution in [0.5, 0.6) is 57.5 Å². The van der Waals surface area contributed by atoms with Gasteiger partial charge >= 0.3 is 11.6 Å². The van der Waals surface area contributed by atoms with Gasteiger partial charge in [-0.25, -0.2) is 47.5 Å². The molecule has 0 fully saturated rings. The maximum absolute atomic E-state index is 14.8. The van der Waals surface area contributed by atoms with E-state index < -0.39 is 44.7 Å². The zero-order valence-corrected chi connectivity index (χ0v) is 86.7. The van der Waals surface area contributed by atoms with Gasteiger partial charge in [0.25, 0.3) is 11.8 Å². The number of aromatic nitrogens is 8. The Morgan fingerprint density at radius 3 is 1.38 bits per heavy atom. The summed E-state index contributed by atoms with van der Waals surface area (Å²) in [7, 11) is 6.21. The molecule has 0 aliphatic carbocycles. The topological polar surface area (TPSA) is 442 Å². The molecule has 4 aromatic carbocycles. The van der Waals surface area contributed by atoms with Crippen LogP contribution in [0, 0.1) is 43.5 Å². The highest BCUT2D eigenvalue weighted by Gasteiger charge is 2.36. The predicted molar refractivity (Wildman–Crippen MR) is 549 cm³/mol. The Bertz CT molecular complexity index is 6150. The summed E-state index contributed by atoms with van der Waals surface area (Å²) in [5.41, 5.74) is 15.1. The van der Waals surface area contributed by atoms with Crippen LogP contribution >= 0.6 is 123 Å². The highest BCUT2D eigenvalue weighted by Crippen LogP contribution is 2.40. The van der Waals surface area contributed by atoms with Crippen molar-refractivity contribution in [3.05, 3.63) is 270 Å². The molecule has 9 N–H and O–H groups in total. The van der Waals surface area contributed by atoms with Crippen molar-refractivity contribution in [1.29, 1.82) is 0 Å². The number of nitrogens with zero attached hydrogens (tertiary/aromatic N) is 12. The number of alkyl halides is 3. The van der Waals surface area contributed by atoms with Gasteiger partial charge in [0.2, 0.25) is 20.7 Å². The number of carbonyl (C=O) groups excluding carboxylic acids is 2. The Kier molecular flexibility index (Phi) is 45.2. The summed E-state index contributed by atoms with van der Waals surface area (Å²) in [6, 6.07) is 41.3. The van der Waals surface area contributed by atoms with Gasteiger partial charge in [-0.2, -0.15) is 0 Å². The number of benzene rings is 4. The third-order valence-electron chi connectivity index (χ3n) is 19.8. The lowest BCUT2D eigenvalue weighted by Crippen LogP contribution is -2.24. The van der Waals surface area contributed by atoms with Gasteiger partial charge in [0.1, 0.15) is 61.3 Å². The third-order valence-corrected chi connectivity index (χ3v) is 23.6. The Morgan fingerprint density at radius 2 is 0.907 bits per heavy atom. The first-order chi connectivity index (χ1) is 67.0. The first kappa shape index (κ1) is 112. The molecule has 12 aromatic rings. The fourth-order valence-electron chi connectivity index (χ4n) is 13.3. The predicted octanol–water partition coefficient (Wildman–Crippen LogP) is 21.5. The van der Waals surface area contributed by atoms with Crippen molar-refractivity contribution in [2.45, 2.75) is 78.6 Å². The van der Waals surface area contributed by atoms with E-state index in [9.17, 15) is 47.4 Å². The molecule has 5 aliphatic rings. The molecule has 0 radical (unpaired) electrons. The van der Waals surface area contributed by atoms with Crippen LogP contribution in [-0.4, -0.2) is 185 Å². The number of ether oxygens (including phenoxy) is 9. The van der Waals surface area contributed by atoms with Crippen molar-refractivity contribution in [2.24, 2.45) is 0 Å². The van der Waals surface area contributed by atoms with E-state index in [-0.39, 0.29) is 96.5 Å².